The summed E-state index contributed by atoms with van der Waals surface area (Å²) in [7, 11) is 1.73. The molecule has 1 aromatic rings. The molecule has 1 aromatic heterocycles. The Labute approximate surface area is 131 Å². The van der Waals surface area contributed by atoms with Crippen LogP contribution in [0.25, 0.3) is 0 Å². The topological polar surface area (TPSA) is 54.3 Å². The van der Waals surface area contributed by atoms with Gasteiger partial charge < -0.3 is 14.8 Å². The number of aryl methyl sites for hydroxylation is 1. The second-order valence-electron chi connectivity index (χ2n) is 6.57. The third-order valence-corrected chi connectivity index (χ3v) is 5.24. The Morgan fingerprint density at radius 1 is 1.27 bits per heavy atom. The van der Waals surface area contributed by atoms with Gasteiger partial charge in [-0.05, 0) is 57.3 Å². The van der Waals surface area contributed by atoms with Crippen molar-refractivity contribution in [3.8, 4) is 0 Å². The quantitative estimate of drug-likeness (QED) is 0.851. The third kappa shape index (κ3) is 2.70. The van der Waals surface area contributed by atoms with Crippen LogP contribution in [0.15, 0.2) is 16.9 Å². The van der Waals surface area contributed by atoms with E-state index in [-0.39, 0.29) is 17.5 Å². The molecule has 5 heteroatoms. The number of nitrogens with zero attached hydrogens (tertiary/aromatic N) is 2. The van der Waals surface area contributed by atoms with Crippen LogP contribution in [0.4, 0.5) is 0 Å². The first kappa shape index (κ1) is 15.3. The number of hydrogen-bond acceptors (Lipinski definition) is 3. The lowest BCUT2D eigenvalue weighted by Gasteiger charge is -2.38. The van der Waals surface area contributed by atoms with E-state index >= 15 is 0 Å². The van der Waals surface area contributed by atoms with Crippen LogP contribution in [0.5, 0.6) is 0 Å². The van der Waals surface area contributed by atoms with Gasteiger partial charge in [0.2, 0.25) is 0 Å². The van der Waals surface area contributed by atoms with Crippen LogP contribution in [-0.2, 0) is 7.05 Å². The van der Waals surface area contributed by atoms with Gasteiger partial charge in [-0.2, -0.15) is 0 Å². The van der Waals surface area contributed by atoms with Crippen LogP contribution in [0.2, 0.25) is 0 Å². The Kier molecular flexibility index (Phi) is 4.34. The molecule has 5 nitrogen and oxygen atoms in total. The van der Waals surface area contributed by atoms with Gasteiger partial charge in [-0.3, -0.25) is 9.59 Å². The van der Waals surface area contributed by atoms with Gasteiger partial charge in [0.25, 0.3) is 11.5 Å². The Morgan fingerprint density at radius 3 is 2.91 bits per heavy atom. The van der Waals surface area contributed by atoms with Crippen molar-refractivity contribution in [2.45, 2.75) is 38.6 Å². The highest BCUT2D eigenvalue weighted by Gasteiger charge is 2.35. The van der Waals surface area contributed by atoms with E-state index in [1.54, 1.807) is 17.7 Å². The number of nitrogens with one attached hydrogen (secondary N) is 1. The van der Waals surface area contributed by atoms with Crippen LogP contribution >= 0.6 is 0 Å². The Bertz CT molecular complexity index is 623. The molecule has 2 aliphatic rings. The molecule has 2 atom stereocenters. The molecule has 120 valence electrons. The number of amides is 1. The van der Waals surface area contributed by atoms with Crippen molar-refractivity contribution in [1.29, 1.82) is 0 Å². The number of likely N-dealkylation sites (tertiary alicyclic amines) is 1. The Hall–Kier alpha value is -1.62. The molecule has 2 aliphatic heterocycles. The van der Waals surface area contributed by atoms with Crippen molar-refractivity contribution in [3.05, 3.63) is 33.7 Å². The zero-order chi connectivity index (χ0) is 15.7. The molecule has 2 fully saturated rings. The van der Waals surface area contributed by atoms with Crippen molar-refractivity contribution in [1.82, 2.24) is 14.8 Å². The predicted octanol–water partition coefficient (Wildman–Crippen LogP) is 1.30. The molecule has 1 amide bonds. The fourth-order valence-electron chi connectivity index (χ4n) is 3.77. The minimum atomic E-state index is -0.181. The standard InChI is InChI=1S/C17H25N3O2/c1-12-6-7-14(16(21)19(12)2)17(22)20-10-4-3-5-13-11-18-9-8-15(13)20/h6-7,13,15,18H,3-5,8-11H2,1-2H3/t13-,15+/m0/s1. The number of carbonyl (C=O) groups excluding carboxylic acids is 1. The Balaban J connectivity index is 1.93. The number of fused-ring (bicyclic) bond motifs is 1. The molecule has 3 rings (SSSR count). The van der Waals surface area contributed by atoms with Crippen molar-refractivity contribution in [3.63, 3.8) is 0 Å². The van der Waals surface area contributed by atoms with Crippen LogP contribution in [-0.4, -0.2) is 41.1 Å². The van der Waals surface area contributed by atoms with Crippen molar-refractivity contribution in [2.24, 2.45) is 13.0 Å². The smallest absolute Gasteiger partial charge is 0.263 e. The van der Waals surface area contributed by atoms with Crippen LogP contribution in [0, 0.1) is 12.8 Å². The fraction of sp³-hybridized carbons (Fsp3) is 0.647. The van der Waals surface area contributed by atoms with Gasteiger partial charge in [-0.15, -0.1) is 0 Å². The largest absolute Gasteiger partial charge is 0.335 e. The van der Waals surface area contributed by atoms with Crippen LogP contribution < -0.4 is 10.9 Å². The molecular formula is C17H25N3O2. The summed E-state index contributed by atoms with van der Waals surface area (Å²) in [5.74, 6) is 0.439. The third-order valence-electron chi connectivity index (χ3n) is 5.24. The zero-order valence-corrected chi connectivity index (χ0v) is 13.5. The van der Waals surface area contributed by atoms with E-state index in [1.807, 2.05) is 17.9 Å². The molecule has 0 aliphatic carbocycles. The van der Waals surface area contributed by atoms with Gasteiger partial charge in [-0.25, -0.2) is 0 Å². The average molecular weight is 303 g/mol. The summed E-state index contributed by atoms with van der Waals surface area (Å²) in [4.78, 5) is 27.4. The molecule has 0 unspecified atom stereocenters. The van der Waals surface area contributed by atoms with E-state index in [1.165, 1.54) is 12.8 Å². The second-order valence-corrected chi connectivity index (χ2v) is 6.57. The SMILES string of the molecule is Cc1ccc(C(=O)N2CCCC[C@H]3CNCC[C@H]32)c(=O)n1C. The molecule has 3 heterocycles. The van der Waals surface area contributed by atoms with Gasteiger partial charge in [0.05, 0.1) is 0 Å². The highest BCUT2D eigenvalue weighted by Crippen LogP contribution is 2.28. The molecule has 0 saturated carbocycles. The molecule has 22 heavy (non-hydrogen) atoms. The van der Waals surface area contributed by atoms with Gasteiger partial charge in [0.15, 0.2) is 0 Å². The second kappa shape index (κ2) is 6.24. The predicted molar refractivity (Wildman–Crippen MR) is 86.1 cm³/mol. The van der Waals surface area contributed by atoms with E-state index in [2.05, 4.69) is 5.32 Å². The summed E-state index contributed by atoms with van der Waals surface area (Å²) in [5, 5.41) is 3.44. The first-order chi connectivity index (χ1) is 10.6. The summed E-state index contributed by atoms with van der Waals surface area (Å²) in [5.41, 5.74) is 1.00. The number of pyridine rings is 1. The summed E-state index contributed by atoms with van der Waals surface area (Å²) in [6, 6.07) is 3.83. The van der Waals surface area contributed by atoms with Crippen molar-refractivity contribution >= 4 is 5.91 Å². The maximum Gasteiger partial charge on any atom is 0.263 e. The van der Waals surface area contributed by atoms with Crippen molar-refractivity contribution in [2.75, 3.05) is 19.6 Å². The number of hydrogen-bond donors (Lipinski definition) is 1. The molecule has 0 bridgehead atoms. The molecule has 0 spiro atoms. The van der Waals surface area contributed by atoms with E-state index in [0.29, 0.717) is 11.5 Å². The van der Waals surface area contributed by atoms with Gasteiger partial charge in [0, 0.05) is 25.3 Å². The van der Waals surface area contributed by atoms with E-state index in [0.717, 1.165) is 38.2 Å². The highest BCUT2D eigenvalue weighted by atomic mass is 16.2. The van der Waals surface area contributed by atoms with Gasteiger partial charge in [0.1, 0.15) is 5.56 Å². The lowest BCUT2D eigenvalue weighted by atomic mass is 9.89. The summed E-state index contributed by atoms with van der Waals surface area (Å²) < 4.78 is 1.56. The normalized spacial score (nSPS) is 25.5. The molecule has 1 N–H and O–H groups in total. The summed E-state index contributed by atoms with van der Waals surface area (Å²) in [6.07, 6.45) is 4.36. The summed E-state index contributed by atoms with van der Waals surface area (Å²) in [6.45, 7) is 4.60. The fourth-order valence-corrected chi connectivity index (χ4v) is 3.77. The molecular weight excluding hydrogens is 278 g/mol. The van der Waals surface area contributed by atoms with E-state index < -0.39 is 0 Å². The number of aromatic nitrogens is 1. The highest BCUT2D eigenvalue weighted by molar-refractivity contribution is 5.94. The minimum Gasteiger partial charge on any atom is -0.335 e. The average Bonchev–Trinajstić information content (AvgIpc) is 2.74. The molecule has 0 radical (unpaired) electrons. The Morgan fingerprint density at radius 2 is 2.09 bits per heavy atom. The molecule has 0 aromatic carbocycles. The van der Waals surface area contributed by atoms with Gasteiger partial charge in [-0.1, -0.05) is 6.42 Å². The zero-order valence-electron chi connectivity index (χ0n) is 13.5. The van der Waals surface area contributed by atoms with Gasteiger partial charge >= 0.3 is 0 Å². The monoisotopic (exact) mass is 303 g/mol. The first-order valence-corrected chi connectivity index (χ1v) is 8.28. The van der Waals surface area contributed by atoms with Crippen LogP contribution in [0.3, 0.4) is 0 Å². The van der Waals surface area contributed by atoms with E-state index in [4.69, 9.17) is 0 Å². The summed E-state index contributed by atoms with van der Waals surface area (Å²) >= 11 is 0. The lowest BCUT2D eigenvalue weighted by Crippen LogP contribution is -2.51. The van der Waals surface area contributed by atoms with Crippen LogP contribution in [0.1, 0.15) is 41.7 Å². The lowest BCUT2D eigenvalue weighted by molar-refractivity contribution is 0.0584. The minimum absolute atomic E-state index is 0.0839. The van der Waals surface area contributed by atoms with E-state index in [9.17, 15) is 9.59 Å². The van der Waals surface area contributed by atoms with Crippen molar-refractivity contribution < 1.29 is 4.79 Å². The number of rotatable bonds is 1. The molecule has 2 saturated heterocycles. The first-order valence-electron chi connectivity index (χ1n) is 8.28. The number of piperidine rings is 1. The maximum atomic E-state index is 13.0. The maximum absolute atomic E-state index is 13.0. The number of carbonyl (C=O) groups is 1.